The van der Waals surface area contributed by atoms with E-state index in [1.54, 1.807) is 0 Å². The first kappa shape index (κ1) is 19.9. The van der Waals surface area contributed by atoms with Crippen molar-refractivity contribution in [3.63, 3.8) is 0 Å². The van der Waals surface area contributed by atoms with Gasteiger partial charge in [-0.25, -0.2) is 4.39 Å². The molecule has 0 aromatic heterocycles. The molecule has 5 heteroatoms. The summed E-state index contributed by atoms with van der Waals surface area (Å²) >= 11 is 0. The number of carbonyl (C=O) groups excluding carboxylic acids is 1. The Kier molecular flexibility index (Phi) is 6.45. The average Bonchev–Trinajstić information content (AvgIpc) is 3.25. The van der Waals surface area contributed by atoms with E-state index in [1.165, 1.54) is 25.0 Å². The zero-order valence-corrected chi connectivity index (χ0v) is 16.8. The molecular weight excluding hydrogens is 367 g/mol. The third-order valence-electron chi connectivity index (χ3n) is 6.00. The zero-order chi connectivity index (χ0) is 20.1. The van der Waals surface area contributed by atoms with Crippen molar-refractivity contribution < 1.29 is 13.9 Å². The Labute approximate surface area is 172 Å². The Bertz CT molecular complexity index is 793. The summed E-state index contributed by atoms with van der Waals surface area (Å²) in [6, 6.07) is 14.4. The van der Waals surface area contributed by atoms with E-state index in [0.29, 0.717) is 6.10 Å². The maximum atomic E-state index is 13.0. The molecule has 1 saturated carbocycles. The summed E-state index contributed by atoms with van der Waals surface area (Å²) in [4.78, 5) is 15.0. The molecule has 1 amide bonds. The number of likely N-dealkylation sites (tertiary alicyclic amines) is 1. The Morgan fingerprint density at radius 3 is 2.28 bits per heavy atom. The van der Waals surface area contributed by atoms with Crippen LogP contribution in [0.4, 0.5) is 10.1 Å². The molecule has 0 bridgehead atoms. The highest BCUT2D eigenvalue weighted by Crippen LogP contribution is 2.26. The van der Waals surface area contributed by atoms with Gasteiger partial charge in [-0.15, -0.1) is 0 Å². The van der Waals surface area contributed by atoms with Gasteiger partial charge >= 0.3 is 0 Å². The van der Waals surface area contributed by atoms with Crippen molar-refractivity contribution in [2.75, 3.05) is 18.4 Å². The van der Waals surface area contributed by atoms with E-state index in [0.717, 1.165) is 62.3 Å². The van der Waals surface area contributed by atoms with Gasteiger partial charge in [0.2, 0.25) is 5.91 Å². The van der Waals surface area contributed by atoms with Crippen LogP contribution in [0.5, 0.6) is 5.75 Å². The highest BCUT2D eigenvalue weighted by atomic mass is 19.1. The molecule has 0 radical (unpaired) electrons. The molecule has 29 heavy (non-hydrogen) atoms. The molecule has 1 saturated heterocycles. The van der Waals surface area contributed by atoms with E-state index in [-0.39, 0.29) is 17.6 Å². The van der Waals surface area contributed by atoms with Crippen molar-refractivity contribution >= 4 is 11.6 Å². The molecule has 1 aliphatic heterocycles. The van der Waals surface area contributed by atoms with Gasteiger partial charge < -0.3 is 10.1 Å². The van der Waals surface area contributed by atoms with Crippen molar-refractivity contribution in [1.29, 1.82) is 0 Å². The molecule has 0 atom stereocenters. The molecule has 1 heterocycles. The first-order chi connectivity index (χ1) is 14.2. The second-order valence-electron chi connectivity index (χ2n) is 8.21. The fourth-order valence-corrected chi connectivity index (χ4v) is 4.26. The summed E-state index contributed by atoms with van der Waals surface area (Å²) in [5.41, 5.74) is 1.93. The zero-order valence-electron chi connectivity index (χ0n) is 16.8. The summed E-state index contributed by atoms with van der Waals surface area (Å²) in [6.45, 7) is 2.56. The molecule has 0 unspecified atom stereocenters. The van der Waals surface area contributed by atoms with Crippen LogP contribution >= 0.6 is 0 Å². The van der Waals surface area contributed by atoms with Gasteiger partial charge in [-0.05, 0) is 93.6 Å². The van der Waals surface area contributed by atoms with E-state index in [9.17, 15) is 9.18 Å². The fourth-order valence-electron chi connectivity index (χ4n) is 4.26. The number of halogens is 1. The second kappa shape index (κ2) is 9.40. The quantitative estimate of drug-likeness (QED) is 0.747. The normalized spacial score (nSPS) is 18.7. The van der Waals surface area contributed by atoms with Crippen molar-refractivity contribution in [3.05, 3.63) is 59.9 Å². The fraction of sp³-hybridized carbons (Fsp3) is 0.458. The van der Waals surface area contributed by atoms with Crippen LogP contribution in [0.1, 0.15) is 44.1 Å². The van der Waals surface area contributed by atoms with Crippen LogP contribution in [-0.2, 0) is 11.3 Å². The Balaban J connectivity index is 1.22. The van der Waals surface area contributed by atoms with Gasteiger partial charge in [-0.2, -0.15) is 0 Å². The third kappa shape index (κ3) is 5.57. The summed E-state index contributed by atoms with van der Waals surface area (Å²) in [5, 5.41) is 3.05. The molecule has 4 nitrogen and oxygen atoms in total. The lowest BCUT2D eigenvalue weighted by atomic mass is 9.95. The van der Waals surface area contributed by atoms with Crippen molar-refractivity contribution in [3.8, 4) is 5.75 Å². The van der Waals surface area contributed by atoms with Gasteiger partial charge in [-0.1, -0.05) is 12.1 Å². The van der Waals surface area contributed by atoms with Crippen LogP contribution in [0.2, 0.25) is 0 Å². The Morgan fingerprint density at radius 2 is 1.62 bits per heavy atom. The molecule has 0 spiro atoms. The number of nitrogens with one attached hydrogen (secondary N) is 1. The monoisotopic (exact) mass is 396 g/mol. The van der Waals surface area contributed by atoms with Crippen LogP contribution in [0, 0.1) is 11.7 Å². The van der Waals surface area contributed by atoms with E-state index in [1.807, 2.05) is 36.4 Å². The minimum absolute atomic E-state index is 0.0360. The first-order valence-electron chi connectivity index (χ1n) is 10.7. The third-order valence-corrected chi connectivity index (χ3v) is 6.00. The van der Waals surface area contributed by atoms with Gasteiger partial charge in [0.05, 0.1) is 6.10 Å². The number of anilines is 1. The first-order valence-corrected chi connectivity index (χ1v) is 10.7. The highest BCUT2D eigenvalue weighted by molar-refractivity contribution is 5.92. The Morgan fingerprint density at radius 1 is 0.966 bits per heavy atom. The minimum atomic E-state index is -0.206. The topological polar surface area (TPSA) is 41.6 Å². The SMILES string of the molecule is O=C(Nc1ccc(OC2CCCC2)cc1)C1CCN(Cc2ccc(F)cc2)CC1. The minimum Gasteiger partial charge on any atom is -0.490 e. The van der Waals surface area contributed by atoms with Crippen LogP contribution in [0.15, 0.2) is 48.5 Å². The largest absolute Gasteiger partial charge is 0.490 e. The van der Waals surface area contributed by atoms with E-state index >= 15 is 0 Å². The highest BCUT2D eigenvalue weighted by Gasteiger charge is 2.25. The number of benzene rings is 2. The molecule has 154 valence electrons. The summed E-state index contributed by atoms with van der Waals surface area (Å²) in [6.07, 6.45) is 6.81. The average molecular weight is 397 g/mol. The summed E-state index contributed by atoms with van der Waals surface area (Å²) in [5.74, 6) is 0.802. The molecule has 1 aliphatic carbocycles. The number of hydrogen-bond acceptors (Lipinski definition) is 3. The predicted molar refractivity (Wildman–Crippen MR) is 112 cm³/mol. The lowest BCUT2D eigenvalue weighted by Crippen LogP contribution is -2.37. The van der Waals surface area contributed by atoms with Crippen LogP contribution < -0.4 is 10.1 Å². The number of hydrogen-bond donors (Lipinski definition) is 1. The Hall–Kier alpha value is -2.40. The van der Waals surface area contributed by atoms with Gasteiger partial charge in [-0.3, -0.25) is 9.69 Å². The number of rotatable bonds is 6. The van der Waals surface area contributed by atoms with Gasteiger partial charge in [0, 0.05) is 18.2 Å². The van der Waals surface area contributed by atoms with Crippen LogP contribution in [0.25, 0.3) is 0 Å². The van der Waals surface area contributed by atoms with E-state index in [4.69, 9.17) is 4.74 Å². The van der Waals surface area contributed by atoms with E-state index in [2.05, 4.69) is 10.2 Å². The molecule has 2 fully saturated rings. The lowest BCUT2D eigenvalue weighted by Gasteiger charge is -2.31. The number of ether oxygens (including phenoxy) is 1. The molecule has 1 N–H and O–H groups in total. The van der Waals surface area contributed by atoms with Crippen molar-refractivity contribution in [2.45, 2.75) is 51.2 Å². The number of nitrogens with zero attached hydrogens (tertiary/aromatic N) is 1. The van der Waals surface area contributed by atoms with Crippen molar-refractivity contribution in [2.24, 2.45) is 5.92 Å². The molecule has 2 aliphatic rings. The molecule has 2 aromatic rings. The van der Waals surface area contributed by atoms with Gasteiger partial charge in [0.15, 0.2) is 0 Å². The van der Waals surface area contributed by atoms with Crippen molar-refractivity contribution in [1.82, 2.24) is 4.90 Å². The number of amides is 1. The van der Waals surface area contributed by atoms with Crippen LogP contribution in [0.3, 0.4) is 0 Å². The summed E-state index contributed by atoms with van der Waals surface area (Å²) < 4.78 is 19.0. The number of piperidine rings is 1. The van der Waals surface area contributed by atoms with E-state index < -0.39 is 0 Å². The molecule has 2 aromatic carbocycles. The molecular formula is C24H29FN2O2. The number of carbonyl (C=O) groups is 1. The van der Waals surface area contributed by atoms with Gasteiger partial charge in [0.1, 0.15) is 11.6 Å². The smallest absolute Gasteiger partial charge is 0.227 e. The van der Waals surface area contributed by atoms with Gasteiger partial charge in [0.25, 0.3) is 0 Å². The lowest BCUT2D eigenvalue weighted by molar-refractivity contribution is -0.121. The predicted octanol–water partition coefficient (Wildman–Crippen LogP) is 5.00. The maximum absolute atomic E-state index is 13.0. The van der Waals surface area contributed by atoms with Crippen LogP contribution in [-0.4, -0.2) is 30.0 Å². The summed E-state index contributed by atoms with van der Waals surface area (Å²) in [7, 11) is 0. The molecule has 4 rings (SSSR count). The maximum Gasteiger partial charge on any atom is 0.227 e. The second-order valence-corrected chi connectivity index (χ2v) is 8.21. The standard InChI is InChI=1S/C24H29FN2O2/c25-20-7-5-18(6-8-20)17-27-15-13-19(14-16-27)24(28)26-21-9-11-23(12-10-21)29-22-3-1-2-4-22/h5-12,19,22H,1-4,13-17H2,(H,26,28).